The lowest BCUT2D eigenvalue weighted by molar-refractivity contribution is 0.0696. The van der Waals surface area contributed by atoms with E-state index in [0.717, 1.165) is 6.20 Å². The van der Waals surface area contributed by atoms with Crippen LogP contribution in [0.3, 0.4) is 0 Å². The minimum atomic E-state index is -1.17. The van der Waals surface area contributed by atoms with Crippen molar-refractivity contribution in [2.24, 2.45) is 0 Å². The molecule has 7 heteroatoms. The van der Waals surface area contributed by atoms with Crippen molar-refractivity contribution in [3.63, 3.8) is 0 Å². The second-order valence-electron chi connectivity index (χ2n) is 3.89. The number of benzene rings is 1. The highest BCUT2D eigenvalue weighted by atomic mass is 16.4. The quantitative estimate of drug-likeness (QED) is 0.629. The Balaban J connectivity index is 2.26. The number of para-hydroxylation sites is 1. The van der Waals surface area contributed by atoms with Crippen LogP contribution in [0.1, 0.15) is 20.7 Å². The summed E-state index contributed by atoms with van der Waals surface area (Å²) in [6.07, 6.45) is 2.41. The van der Waals surface area contributed by atoms with E-state index in [1.165, 1.54) is 30.5 Å². The number of aromatic hydroxyl groups is 2. The van der Waals surface area contributed by atoms with Gasteiger partial charge in [0, 0.05) is 6.20 Å². The molecule has 0 aliphatic carbocycles. The number of carbonyl (C=O) groups excluding carboxylic acids is 1. The molecule has 0 fully saturated rings. The lowest BCUT2D eigenvalue weighted by Gasteiger charge is -2.07. The third-order valence-corrected chi connectivity index (χ3v) is 2.50. The highest BCUT2D eigenvalue weighted by Crippen LogP contribution is 2.28. The maximum Gasteiger partial charge on any atom is 0.337 e. The predicted molar refractivity (Wildman–Crippen MR) is 68.9 cm³/mol. The third kappa shape index (κ3) is 2.66. The average Bonchev–Trinajstić information content (AvgIpc) is 2.42. The van der Waals surface area contributed by atoms with Gasteiger partial charge in [-0.25, -0.2) is 4.79 Å². The van der Waals surface area contributed by atoms with Crippen LogP contribution in [0.15, 0.2) is 36.7 Å². The summed E-state index contributed by atoms with van der Waals surface area (Å²) in [6.45, 7) is 0. The van der Waals surface area contributed by atoms with Gasteiger partial charge in [0.15, 0.2) is 11.5 Å². The molecule has 0 atom stereocenters. The molecule has 0 bridgehead atoms. The van der Waals surface area contributed by atoms with Gasteiger partial charge in [0.25, 0.3) is 5.91 Å². The minimum Gasteiger partial charge on any atom is -0.504 e. The van der Waals surface area contributed by atoms with E-state index in [0.29, 0.717) is 0 Å². The fraction of sp³-hybridized carbons (Fsp3) is 0. The standard InChI is InChI=1S/C13H10N2O5/c16-10-3-1-2-9(11(10)17)12(18)15-8-4-7(13(19)20)5-14-6-8/h1-6,16-17H,(H,15,18)(H,19,20). The van der Waals surface area contributed by atoms with Gasteiger partial charge in [-0.2, -0.15) is 0 Å². The molecule has 0 unspecified atom stereocenters. The zero-order valence-corrected chi connectivity index (χ0v) is 10.1. The van der Waals surface area contributed by atoms with Crippen LogP contribution in [0.5, 0.6) is 11.5 Å². The van der Waals surface area contributed by atoms with Crippen molar-refractivity contribution in [2.45, 2.75) is 0 Å². The largest absolute Gasteiger partial charge is 0.504 e. The monoisotopic (exact) mass is 274 g/mol. The second kappa shape index (κ2) is 5.27. The highest BCUT2D eigenvalue weighted by Gasteiger charge is 2.14. The van der Waals surface area contributed by atoms with E-state index in [-0.39, 0.29) is 16.8 Å². The van der Waals surface area contributed by atoms with Crippen LogP contribution in [0, 0.1) is 0 Å². The molecular weight excluding hydrogens is 264 g/mol. The van der Waals surface area contributed by atoms with Crippen molar-refractivity contribution in [1.82, 2.24) is 4.98 Å². The Bertz CT molecular complexity index is 684. The number of carboxylic acid groups (broad SMARTS) is 1. The zero-order valence-electron chi connectivity index (χ0n) is 10.1. The minimum absolute atomic E-state index is 0.0806. The molecular formula is C13H10N2O5. The van der Waals surface area contributed by atoms with E-state index in [4.69, 9.17) is 5.11 Å². The Morgan fingerprint density at radius 2 is 1.90 bits per heavy atom. The van der Waals surface area contributed by atoms with Gasteiger partial charge >= 0.3 is 5.97 Å². The highest BCUT2D eigenvalue weighted by molar-refractivity contribution is 6.06. The van der Waals surface area contributed by atoms with Crippen LogP contribution in [0.2, 0.25) is 0 Å². The average molecular weight is 274 g/mol. The first-order valence-electron chi connectivity index (χ1n) is 5.49. The molecule has 2 aromatic rings. The summed E-state index contributed by atoms with van der Waals surface area (Å²) in [5, 5.41) is 30.1. The summed E-state index contributed by atoms with van der Waals surface area (Å²) in [6, 6.07) is 5.18. The van der Waals surface area contributed by atoms with Crippen molar-refractivity contribution in [2.75, 3.05) is 5.32 Å². The fourth-order valence-electron chi connectivity index (χ4n) is 1.54. The maximum atomic E-state index is 11.9. The number of rotatable bonds is 3. The number of carbonyl (C=O) groups is 2. The first kappa shape index (κ1) is 13.3. The maximum absolute atomic E-state index is 11.9. The molecule has 7 nitrogen and oxygen atoms in total. The smallest absolute Gasteiger partial charge is 0.337 e. The molecule has 0 aliphatic heterocycles. The number of aromatic nitrogens is 1. The molecule has 1 amide bonds. The lowest BCUT2D eigenvalue weighted by Crippen LogP contribution is -2.13. The molecule has 2 rings (SSSR count). The van der Waals surface area contributed by atoms with Gasteiger partial charge in [-0.05, 0) is 18.2 Å². The van der Waals surface area contributed by atoms with Gasteiger partial charge in [-0.15, -0.1) is 0 Å². The molecule has 1 aromatic heterocycles. The fourth-order valence-corrected chi connectivity index (χ4v) is 1.54. The van der Waals surface area contributed by atoms with Gasteiger partial charge < -0.3 is 20.6 Å². The summed E-state index contributed by atoms with van der Waals surface area (Å²) >= 11 is 0. The Labute approximate surface area is 113 Å². The van der Waals surface area contributed by atoms with Crippen LogP contribution in [0.4, 0.5) is 5.69 Å². The number of amides is 1. The van der Waals surface area contributed by atoms with Crippen molar-refractivity contribution >= 4 is 17.6 Å². The van der Waals surface area contributed by atoms with Crippen LogP contribution in [-0.2, 0) is 0 Å². The number of hydrogen-bond donors (Lipinski definition) is 4. The van der Waals surface area contributed by atoms with Gasteiger partial charge in [0.1, 0.15) is 0 Å². The molecule has 0 saturated carbocycles. The number of carboxylic acids is 1. The van der Waals surface area contributed by atoms with Crippen molar-refractivity contribution in [3.05, 3.63) is 47.8 Å². The number of hydrogen-bond acceptors (Lipinski definition) is 5. The van der Waals surface area contributed by atoms with E-state index in [1.54, 1.807) is 0 Å². The molecule has 20 heavy (non-hydrogen) atoms. The Morgan fingerprint density at radius 3 is 2.60 bits per heavy atom. The van der Waals surface area contributed by atoms with Gasteiger partial charge in [-0.3, -0.25) is 9.78 Å². The van der Waals surface area contributed by atoms with Crippen molar-refractivity contribution in [3.8, 4) is 11.5 Å². The van der Waals surface area contributed by atoms with Crippen molar-refractivity contribution in [1.29, 1.82) is 0 Å². The molecule has 1 heterocycles. The zero-order chi connectivity index (χ0) is 14.7. The van der Waals surface area contributed by atoms with E-state index in [2.05, 4.69) is 10.3 Å². The number of anilines is 1. The molecule has 0 spiro atoms. The number of nitrogens with zero attached hydrogens (tertiary/aromatic N) is 1. The first-order valence-corrected chi connectivity index (χ1v) is 5.49. The van der Waals surface area contributed by atoms with Gasteiger partial charge in [-0.1, -0.05) is 6.07 Å². The first-order chi connectivity index (χ1) is 9.49. The van der Waals surface area contributed by atoms with Crippen LogP contribution < -0.4 is 5.32 Å². The number of pyridine rings is 1. The number of phenolic OH excluding ortho intramolecular Hbond substituents is 2. The third-order valence-electron chi connectivity index (χ3n) is 2.50. The molecule has 4 N–H and O–H groups in total. The second-order valence-corrected chi connectivity index (χ2v) is 3.89. The Morgan fingerprint density at radius 1 is 1.15 bits per heavy atom. The summed E-state index contributed by atoms with van der Waals surface area (Å²) in [7, 11) is 0. The van der Waals surface area contributed by atoms with Crippen LogP contribution >= 0.6 is 0 Å². The topological polar surface area (TPSA) is 120 Å². The Hall–Kier alpha value is -3.09. The van der Waals surface area contributed by atoms with Crippen LogP contribution in [0.25, 0.3) is 0 Å². The van der Waals surface area contributed by atoms with Crippen LogP contribution in [-0.4, -0.2) is 32.2 Å². The van der Waals surface area contributed by atoms with E-state index in [9.17, 15) is 19.8 Å². The van der Waals surface area contributed by atoms with E-state index < -0.39 is 23.4 Å². The normalized spacial score (nSPS) is 10.0. The SMILES string of the molecule is O=C(O)c1cncc(NC(=O)c2cccc(O)c2O)c1. The summed E-state index contributed by atoms with van der Waals surface area (Å²) in [5.41, 5.74) is -0.0497. The number of phenols is 2. The van der Waals surface area contributed by atoms with Gasteiger partial charge in [0.2, 0.25) is 0 Å². The summed E-state index contributed by atoms with van der Waals surface area (Å²) in [4.78, 5) is 26.4. The molecule has 0 saturated heterocycles. The van der Waals surface area contributed by atoms with E-state index in [1.807, 2.05) is 0 Å². The molecule has 0 aliphatic rings. The summed E-state index contributed by atoms with van der Waals surface area (Å²) < 4.78 is 0. The number of nitrogens with one attached hydrogen (secondary N) is 1. The van der Waals surface area contributed by atoms with Gasteiger partial charge in [0.05, 0.1) is 23.0 Å². The van der Waals surface area contributed by atoms with Crippen molar-refractivity contribution < 1.29 is 24.9 Å². The lowest BCUT2D eigenvalue weighted by atomic mass is 10.1. The molecule has 0 radical (unpaired) electrons. The summed E-state index contributed by atoms with van der Waals surface area (Å²) in [5.74, 6) is -2.83. The van der Waals surface area contributed by atoms with E-state index >= 15 is 0 Å². The molecule has 1 aromatic carbocycles. The predicted octanol–water partition coefficient (Wildman–Crippen LogP) is 1.44. The molecule has 102 valence electrons. The number of aromatic carboxylic acids is 1. The Kier molecular flexibility index (Phi) is 3.52.